The lowest BCUT2D eigenvalue weighted by Crippen LogP contribution is -2.19. The van der Waals surface area contributed by atoms with Crippen molar-refractivity contribution in [3.05, 3.63) is 92.8 Å². The predicted octanol–water partition coefficient (Wildman–Crippen LogP) is 6.86. The van der Waals surface area contributed by atoms with Crippen LogP contribution in [0.1, 0.15) is 18.1 Å². The molecular weight excluding hydrogens is 479 g/mol. The Hall–Kier alpha value is -2.93. The second-order valence-electron chi connectivity index (χ2n) is 6.98. The van der Waals surface area contributed by atoms with Gasteiger partial charge in [0.05, 0.1) is 27.2 Å². The number of ether oxygens (including phenoxy) is 2. The Morgan fingerprint density at radius 1 is 1.00 bits per heavy atom. The molecule has 3 aromatic rings. The molecule has 5 nitrogen and oxygen atoms in total. The number of aliphatic imine (C=N–C) groups is 1. The van der Waals surface area contributed by atoms with E-state index in [9.17, 15) is 4.79 Å². The van der Waals surface area contributed by atoms with E-state index in [1.807, 2.05) is 61.5 Å². The molecule has 1 N–H and O–H groups in total. The van der Waals surface area contributed by atoms with E-state index in [0.717, 1.165) is 22.6 Å². The topological polar surface area (TPSA) is 59.9 Å². The van der Waals surface area contributed by atoms with Gasteiger partial charge in [-0.05, 0) is 72.8 Å². The van der Waals surface area contributed by atoms with Gasteiger partial charge in [-0.2, -0.15) is 0 Å². The van der Waals surface area contributed by atoms with Crippen molar-refractivity contribution >= 4 is 57.8 Å². The molecule has 1 saturated heterocycles. The van der Waals surface area contributed by atoms with Crippen LogP contribution in [0.5, 0.6) is 11.5 Å². The Morgan fingerprint density at radius 2 is 1.79 bits per heavy atom. The molecule has 1 heterocycles. The number of amidine groups is 1. The molecule has 0 saturated carbocycles. The smallest absolute Gasteiger partial charge is 0.264 e. The number of benzene rings is 3. The van der Waals surface area contributed by atoms with Crippen LogP contribution in [-0.4, -0.2) is 17.7 Å². The van der Waals surface area contributed by atoms with Crippen LogP contribution < -0.4 is 14.8 Å². The van der Waals surface area contributed by atoms with Gasteiger partial charge in [-0.3, -0.25) is 4.79 Å². The van der Waals surface area contributed by atoms with Gasteiger partial charge in [0.25, 0.3) is 5.91 Å². The van der Waals surface area contributed by atoms with Crippen molar-refractivity contribution in [2.75, 3.05) is 6.61 Å². The molecule has 0 radical (unpaired) electrons. The molecule has 1 aliphatic rings. The Labute approximate surface area is 206 Å². The summed E-state index contributed by atoms with van der Waals surface area (Å²) < 4.78 is 11.4. The highest BCUT2D eigenvalue weighted by molar-refractivity contribution is 8.18. The lowest BCUT2D eigenvalue weighted by Gasteiger charge is -2.10. The highest BCUT2D eigenvalue weighted by Crippen LogP contribution is 2.31. The molecule has 8 heteroatoms. The summed E-state index contributed by atoms with van der Waals surface area (Å²) in [4.78, 5) is 17.6. The summed E-state index contributed by atoms with van der Waals surface area (Å²) in [6.07, 6.45) is 1.80. The number of carbonyl (C=O) groups excluding carboxylic acids is 1. The molecule has 0 atom stereocenters. The minimum absolute atomic E-state index is 0.205. The van der Waals surface area contributed by atoms with Crippen molar-refractivity contribution in [2.45, 2.75) is 13.5 Å². The van der Waals surface area contributed by atoms with E-state index in [-0.39, 0.29) is 5.91 Å². The summed E-state index contributed by atoms with van der Waals surface area (Å²) in [5.74, 6) is 1.23. The highest BCUT2D eigenvalue weighted by Gasteiger charge is 2.24. The SMILES string of the molecule is CCOc1ccc(N=C2NC(=O)/C(=C\c3ccccc3OCc3ccc(Cl)c(Cl)c3)S2)cc1. The number of carbonyl (C=O) groups is 1. The van der Waals surface area contributed by atoms with Crippen LogP contribution >= 0.6 is 35.0 Å². The summed E-state index contributed by atoms with van der Waals surface area (Å²) in [6.45, 7) is 2.86. The normalized spacial score (nSPS) is 15.7. The minimum Gasteiger partial charge on any atom is -0.494 e. The second-order valence-corrected chi connectivity index (χ2v) is 8.83. The molecule has 0 unspecified atom stereocenters. The molecule has 4 rings (SSSR count). The molecule has 1 fully saturated rings. The van der Waals surface area contributed by atoms with Crippen molar-refractivity contribution < 1.29 is 14.3 Å². The molecular formula is C25H20Cl2N2O3S. The molecule has 0 aliphatic carbocycles. The first-order valence-electron chi connectivity index (χ1n) is 10.2. The molecule has 0 bridgehead atoms. The zero-order valence-electron chi connectivity index (χ0n) is 17.7. The van der Waals surface area contributed by atoms with Crippen molar-refractivity contribution in [1.29, 1.82) is 0 Å². The first kappa shape index (κ1) is 23.2. The third kappa shape index (κ3) is 6.11. The van der Waals surface area contributed by atoms with Crippen LogP contribution in [0.15, 0.2) is 76.6 Å². The quantitative estimate of drug-likeness (QED) is 0.361. The predicted molar refractivity (Wildman–Crippen MR) is 136 cm³/mol. The van der Waals surface area contributed by atoms with Gasteiger partial charge < -0.3 is 14.8 Å². The van der Waals surface area contributed by atoms with E-state index in [1.165, 1.54) is 11.8 Å². The summed E-state index contributed by atoms with van der Waals surface area (Å²) in [6, 6.07) is 20.3. The van der Waals surface area contributed by atoms with Crippen LogP contribution in [-0.2, 0) is 11.4 Å². The van der Waals surface area contributed by atoms with E-state index in [4.69, 9.17) is 32.7 Å². The van der Waals surface area contributed by atoms with Gasteiger partial charge in [0.15, 0.2) is 5.17 Å². The summed E-state index contributed by atoms with van der Waals surface area (Å²) in [7, 11) is 0. The third-order valence-electron chi connectivity index (χ3n) is 4.61. The Kier molecular flexibility index (Phi) is 7.60. The molecule has 0 spiro atoms. The number of thioether (sulfide) groups is 1. The van der Waals surface area contributed by atoms with Crippen molar-refractivity contribution in [2.24, 2.45) is 4.99 Å². The summed E-state index contributed by atoms with van der Waals surface area (Å²) in [5.41, 5.74) is 2.41. The number of amides is 1. The fraction of sp³-hybridized carbons (Fsp3) is 0.120. The van der Waals surface area contributed by atoms with Crippen LogP contribution in [0.25, 0.3) is 6.08 Å². The monoisotopic (exact) mass is 498 g/mol. The summed E-state index contributed by atoms with van der Waals surface area (Å²) >= 11 is 13.3. The van der Waals surface area contributed by atoms with Gasteiger partial charge in [-0.1, -0.05) is 47.5 Å². The number of halogens is 2. The number of nitrogens with zero attached hydrogens (tertiary/aromatic N) is 1. The number of nitrogens with one attached hydrogen (secondary N) is 1. The Bertz CT molecular complexity index is 1230. The first-order chi connectivity index (χ1) is 16.0. The molecule has 0 aromatic heterocycles. The largest absolute Gasteiger partial charge is 0.494 e. The summed E-state index contributed by atoms with van der Waals surface area (Å²) in [5, 5.41) is 4.30. The number of hydrogen-bond donors (Lipinski definition) is 1. The van der Waals surface area contributed by atoms with Crippen molar-refractivity contribution in [3.63, 3.8) is 0 Å². The van der Waals surface area contributed by atoms with Gasteiger partial charge in [0, 0.05) is 5.56 Å². The lowest BCUT2D eigenvalue weighted by molar-refractivity contribution is -0.115. The maximum absolute atomic E-state index is 12.5. The second kappa shape index (κ2) is 10.8. The number of para-hydroxylation sites is 1. The average molecular weight is 499 g/mol. The average Bonchev–Trinajstić information content (AvgIpc) is 3.15. The molecule has 168 valence electrons. The Morgan fingerprint density at radius 3 is 2.55 bits per heavy atom. The Balaban J connectivity index is 1.48. The maximum atomic E-state index is 12.5. The third-order valence-corrected chi connectivity index (χ3v) is 6.26. The van der Waals surface area contributed by atoms with E-state index in [0.29, 0.717) is 39.1 Å². The van der Waals surface area contributed by atoms with Crippen LogP contribution in [0, 0.1) is 0 Å². The lowest BCUT2D eigenvalue weighted by atomic mass is 10.2. The minimum atomic E-state index is -0.205. The molecule has 3 aromatic carbocycles. The maximum Gasteiger partial charge on any atom is 0.264 e. The van der Waals surface area contributed by atoms with Crippen molar-refractivity contribution in [3.8, 4) is 11.5 Å². The van der Waals surface area contributed by atoms with Gasteiger partial charge >= 0.3 is 0 Å². The van der Waals surface area contributed by atoms with Crippen LogP contribution in [0.2, 0.25) is 10.0 Å². The van der Waals surface area contributed by atoms with E-state index < -0.39 is 0 Å². The van der Waals surface area contributed by atoms with E-state index >= 15 is 0 Å². The van der Waals surface area contributed by atoms with E-state index in [2.05, 4.69) is 10.3 Å². The fourth-order valence-electron chi connectivity index (χ4n) is 3.04. The van der Waals surface area contributed by atoms with Crippen molar-refractivity contribution in [1.82, 2.24) is 5.32 Å². The molecule has 33 heavy (non-hydrogen) atoms. The van der Waals surface area contributed by atoms with Gasteiger partial charge in [-0.15, -0.1) is 0 Å². The zero-order valence-corrected chi connectivity index (χ0v) is 20.0. The number of hydrogen-bond acceptors (Lipinski definition) is 5. The van der Waals surface area contributed by atoms with Crippen LogP contribution in [0.4, 0.5) is 5.69 Å². The van der Waals surface area contributed by atoms with Gasteiger partial charge in [0.1, 0.15) is 18.1 Å². The molecule has 1 aliphatic heterocycles. The fourth-order valence-corrected chi connectivity index (χ4v) is 4.20. The number of rotatable bonds is 7. The highest BCUT2D eigenvalue weighted by atomic mass is 35.5. The van der Waals surface area contributed by atoms with Crippen LogP contribution in [0.3, 0.4) is 0 Å². The first-order valence-corrected chi connectivity index (χ1v) is 11.8. The standard InChI is InChI=1S/C25H20Cl2N2O3S/c1-2-31-19-10-8-18(9-11-19)28-25-29-24(30)23(33-25)14-17-5-3-4-6-22(17)32-15-16-7-12-20(26)21(27)13-16/h3-14H,2,15H2,1H3,(H,28,29,30)/b23-14+. The molecule has 1 amide bonds. The zero-order chi connectivity index (χ0) is 23.2. The van der Waals surface area contributed by atoms with Gasteiger partial charge in [0.2, 0.25) is 0 Å². The van der Waals surface area contributed by atoms with E-state index in [1.54, 1.807) is 18.2 Å². The van der Waals surface area contributed by atoms with Gasteiger partial charge in [-0.25, -0.2) is 4.99 Å².